The molecule has 1 N–H and O–H groups in total. The first-order valence-corrected chi connectivity index (χ1v) is 11.8. The number of aryl methyl sites for hydroxylation is 1. The van der Waals surface area contributed by atoms with Crippen LogP contribution in [0.25, 0.3) is 0 Å². The van der Waals surface area contributed by atoms with Crippen molar-refractivity contribution in [2.75, 3.05) is 11.9 Å². The van der Waals surface area contributed by atoms with Crippen molar-refractivity contribution >= 4 is 40.7 Å². The quantitative estimate of drug-likeness (QED) is 0.540. The molecule has 1 saturated heterocycles. The number of allylic oxidation sites excluding steroid dienone is 3. The van der Waals surface area contributed by atoms with Gasteiger partial charge in [0.15, 0.2) is 0 Å². The summed E-state index contributed by atoms with van der Waals surface area (Å²) in [6, 6.07) is 9.09. The van der Waals surface area contributed by atoms with E-state index in [1.165, 1.54) is 6.07 Å². The van der Waals surface area contributed by atoms with Crippen LogP contribution in [0.1, 0.15) is 35.2 Å². The molecule has 0 saturated carbocycles. The van der Waals surface area contributed by atoms with E-state index < -0.39 is 17.8 Å². The number of nitrogens with zero attached hydrogens (tertiary/aromatic N) is 1. The summed E-state index contributed by atoms with van der Waals surface area (Å²) < 4.78 is 14.7. The molecule has 3 atom stereocenters. The molecule has 1 heterocycles. The van der Waals surface area contributed by atoms with Gasteiger partial charge in [-0.05, 0) is 56.0 Å². The van der Waals surface area contributed by atoms with Crippen molar-refractivity contribution in [1.29, 1.82) is 0 Å². The first-order chi connectivity index (χ1) is 15.9. The summed E-state index contributed by atoms with van der Waals surface area (Å²) in [4.78, 5) is 28.7. The van der Waals surface area contributed by atoms with Gasteiger partial charge in [0.25, 0.3) is 5.91 Å². The fourth-order valence-corrected chi connectivity index (χ4v) is 5.13. The molecule has 1 aliphatic heterocycles. The van der Waals surface area contributed by atoms with Gasteiger partial charge in [-0.3, -0.25) is 9.59 Å². The molecule has 1 unspecified atom stereocenters. The lowest BCUT2D eigenvalue weighted by Crippen LogP contribution is -2.55. The minimum atomic E-state index is -0.546. The molecule has 2 aliphatic rings. The maximum Gasteiger partial charge on any atom is 0.257 e. The van der Waals surface area contributed by atoms with Crippen LogP contribution in [0.3, 0.4) is 0 Å². The van der Waals surface area contributed by atoms with Gasteiger partial charge < -0.3 is 10.2 Å². The summed E-state index contributed by atoms with van der Waals surface area (Å²) in [5.41, 5.74) is 1.08. The molecule has 4 rings (SSSR count). The second-order valence-electron chi connectivity index (χ2n) is 8.50. The highest BCUT2D eigenvalue weighted by Crippen LogP contribution is 2.36. The number of amides is 2. The van der Waals surface area contributed by atoms with Gasteiger partial charge in [0.2, 0.25) is 5.91 Å². The van der Waals surface area contributed by atoms with Gasteiger partial charge in [-0.1, -0.05) is 59.6 Å². The second-order valence-corrected chi connectivity index (χ2v) is 9.34. The lowest BCUT2D eigenvalue weighted by Gasteiger charge is -2.44. The third-order valence-electron chi connectivity index (χ3n) is 6.36. The lowest BCUT2D eigenvalue weighted by atomic mass is 9.77. The summed E-state index contributed by atoms with van der Waals surface area (Å²) in [5.74, 6) is -1.69. The zero-order chi connectivity index (χ0) is 23.5. The zero-order valence-electron chi connectivity index (χ0n) is 18.2. The Morgan fingerprint density at radius 3 is 2.70 bits per heavy atom. The molecule has 0 spiro atoms. The number of hydrogen-bond donors (Lipinski definition) is 1. The zero-order valence-corrected chi connectivity index (χ0v) is 19.7. The number of carbonyl (C=O) groups is 2. The van der Waals surface area contributed by atoms with Crippen LogP contribution in [0.2, 0.25) is 10.0 Å². The number of likely N-dealkylation sites (tertiary alicyclic amines) is 1. The Hall–Kier alpha value is -2.63. The van der Waals surface area contributed by atoms with Crippen molar-refractivity contribution in [2.24, 2.45) is 11.8 Å². The second kappa shape index (κ2) is 10.1. The van der Waals surface area contributed by atoms with Crippen LogP contribution in [0.4, 0.5) is 10.1 Å². The highest BCUT2D eigenvalue weighted by atomic mass is 35.5. The number of piperidine rings is 1. The van der Waals surface area contributed by atoms with Gasteiger partial charge in [-0.15, -0.1) is 0 Å². The van der Waals surface area contributed by atoms with E-state index >= 15 is 0 Å². The molecule has 33 heavy (non-hydrogen) atoms. The van der Waals surface area contributed by atoms with Crippen molar-refractivity contribution in [3.05, 3.63) is 87.7 Å². The number of carbonyl (C=O) groups excluding carboxylic acids is 2. The standard InChI is InChI=1S/C26H25Cl2FN2O2/c1-16-7-5-11-21(29)23(16)26(33)31-14-6-10-19(24(31)17-8-3-2-4-9-17)25(32)30-22-15-18(27)12-13-20(22)28/h2-5,7-8,11-13,15,17,19,24H,6,9-10,14H2,1H3,(H,30,32)/t17?,19-,24-/m0/s1. The maximum atomic E-state index is 14.7. The summed E-state index contributed by atoms with van der Waals surface area (Å²) in [6.45, 7) is 2.19. The van der Waals surface area contributed by atoms with Gasteiger partial charge in [-0.25, -0.2) is 4.39 Å². The molecule has 0 bridgehead atoms. The van der Waals surface area contributed by atoms with Crippen LogP contribution in [0, 0.1) is 24.6 Å². The molecule has 0 radical (unpaired) electrons. The normalized spacial score (nSPS) is 22.3. The molecule has 1 fully saturated rings. The van der Waals surface area contributed by atoms with Gasteiger partial charge >= 0.3 is 0 Å². The van der Waals surface area contributed by atoms with Gasteiger partial charge in [0.05, 0.1) is 28.2 Å². The number of benzene rings is 2. The Labute approximate surface area is 203 Å². The third kappa shape index (κ3) is 4.99. The number of anilines is 1. The van der Waals surface area contributed by atoms with Crippen LogP contribution in [-0.2, 0) is 4.79 Å². The Bertz CT molecular complexity index is 1110. The fourth-order valence-electron chi connectivity index (χ4n) is 4.79. The van der Waals surface area contributed by atoms with E-state index in [-0.39, 0.29) is 23.3 Å². The van der Waals surface area contributed by atoms with E-state index in [0.29, 0.717) is 47.1 Å². The lowest BCUT2D eigenvalue weighted by molar-refractivity contribution is -0.123. The number of rotatable bonds is 4. The van der Waals surface area contributed by atoms with E-state index in [9.17, 15) is 14.0 Å². The Morgan fingerprint density at radius 1 is 1.15 bits per heavy atom. The van der Waals surface area contributed by atoms with E-state index in [1.807, 2.05) is 24.3 Å². The van der Waals surface area contributed by atoms with Crippen molar-refractivity contribution in [3.8, 4) is 0 Å². The number of nitrogens with one attached hydrogen (secondary N) is 1. The molecular formula is C26H25Cl2FN2O2. The molecule has 0 aromatic heterocycles. The highest BCUT2D eigenvalue weighted by Gasteiger charge is 2.43. The molecule has 2 amide bonds. The summed E-state index contributed by atoms with van der Waals surface area (Å²) in [7, 11) is 0. The third-order valence-corrected chi connectivity index (χ3v) is 6.92. The monoisotopic (exact) mass is 486 g/mol. The van der Waals surface area contributed by atoms with Gasteiger partial charge in [0.1, 0.15) is 5.82 Å². The number of hydrogen-bond acceptors (Lipinski definition) is 2. The summed E-state index contributed by atoms with van der Waals surface area (Å²) in [6.07, 6.45) is 9.89. The Kier molecular flexibility index (Phi) is 7.20. The van der Waals surface area contributed by atoms with Gasteiger partial charge in [-0.2, -0.15) is 0 Å². The predicted octanol–water partition coefficient (Wildman–Crippen LogP) is 6.43. The fraction of sp³-hybridized carbons (Fsp3) is 0.308. The minimum Gasteiger partial charge on any atom is -0.334 e. The number of halogens is 3. The Morgan fingerprint density at radius 2 is 1.97 bits per heavy atom. The van der Waals surface area contributed by atoms with Crippen molar-refractivity contribution in [3.63, 3.8) is 0 Å². The van der Waals surface area contributed by atoms with E-state index in [1.54, 1.807) is 42.2 Å². The van der Waals surface area contributed by atoms with E-state index in [4.69, 9.17) is 23.2 Å². The molecule has 7 heteroatoms. The average Bonchev–Trinajstić information content (AvgIpc) is 2.81. The van der Waals surface area contributed by atoms with E-state index in [2.05, 4.69) is 5.32 Å². The molecular weight excluding hydrogens is 462 g/mol. The van der Waals surface area contributed by atoms with Crippen LogP contribution >= 0.6 is 23.2 Å². The SMILES string of the molecule is Cc1cccc(F)c1C(=O)N1CCC[C@H](C(=O)Nc2cc(Cl)ccc2Cl)[C@@H]1C1C=CC=CC1. The van der Waals surface area contributed by atoms with Crippen molar-refractivity contribution in [2.45, 2.75) is 32.2 Å². The molecule has 4 nitrogen and oxygen atoms in total. The van der Waals surface area contributed by atoms with Gasteiger partial charge in [0, 0.05) is 17.5 Å². The Balaban J connectivity index is 1.68. The first kappa shape index (κ1) is 23.5. The molecule has 172 valence electrons. The smallest absolute Gasteiger partial charge is 0.257 e. The van der Waals surface area contributed by atoms with Crippen LogP contribution in [-0.4, -0.2) is 29.3 Å². The van der Waals surface area contributed by atoms with Crippen molar-refractivity contribution in [1.82, 2.24) is 4.90 Å². The van der Waals surface area contributed by atoms with Crippen molar-refractivity contribution < 1.29 is 14.0 Å². The van der Waals surface area contributed by atoms with Crippen LogP contribution < -0.4 is 5.32 Å². The first-order valence-electron chi connectivity index (χ1n) is 11.0. The molecule has 2 aromatic rings. The molecule has 2 aromatic carbocycles. The topological polar surface area (TPSA) is 49.4 Å². The average molecular weight is 487 g/mol. The minimum absolute atomic E-state index is 0.0584. The maximum absolute atomic E-state index is 14.7. The highest BCUT2D eigenvalue weighted by molar-refractivity contribution is 6.35. The predicted molar refractivity (Wildman–Crippen MR) is 130 cm³/mol. The molecule has 1 aliphatic carbocycles. The van der Waals surface area contributed by atoms with Crippen LogP contribution in [0.15, 0.2) is 60.7 Å². The van der Waals surface area contributed by atoms with E-state index in [0.717, 1.165) is 0 Å². The van der Waals surface area contributed by atoms with Crippen LogP contribution in [0.5, 0.6) is 0 Å². The summed E-state index contributed by atoms with van der Waals surface area (Å²) in [5, 5.41) is 3.75. The largest absolute Gasteiger partial charge is 0.334 e. The summed E-state index contributed by atoms with van der Waals surface area (Å²) >= 11 is 12.3.